The van der Waals surface area contributed by atoms with E-state index in [0.29, 0.717) is 12.5 Å². The summed E-state index contributed by atoms with van der Waals surface area (Å²) in [6.45, 7) is 12.2. The highest BCUT2D eigenvalue weighted by molar-refractivity contribution is 6.34. The molecular weight excluding hydrogens is 453 g/mol. The highest BCUT2D eigenvalue weighted by atomic mass is 35.5. The summed E-state index contributed by atoms with van der Waals surface area (Å²) < 4.78 is 2.20. The van der Waals surface area contributed by atoms with Gasteiger partial charge in [-0.1, -0.05) is 48.9 Å². The van der Waals surface area contributed by atoms with Gasteiger partial charge in [-0.3, -0.25) is 4.99 Å². The molecular formula is C26H37Cl2N5. The number of alkyl halides is 1. The molecule has 0 bridgehead atoms. The molecule has 1 aromatic rings. The quantitative estimate of drug-likeness (QED) is 0.236. The first kappa shape index (κ1) is 25.9. The van der Waals surface area contributed by atoms with Gasteiger partial charge in [0.25, 0.3) is 0 Å². The molecule has 0 amide bonds. The molecule has 0 radical (unpaired) electrons. The molecule has 3 atom stereocenters. The minimum Gasteiger partial charge on any atom is -0.317 e. The summed E-state index contributed by atoms with van der Waals surface area (Å²) >= 11 is 12.9. The van der Waals surface area contributed by atoms with Gasteiger partial charge in [-0.2, -0.15) is 0 Å². The summed E-state index contributed by atoms with van der Waals surface area (Å²) in [4.78, 5) is 4.25. The Morgan fingerprint density at radius 2 is 2.15 bits per heavy atom. The first-order valence-electron chi connectivity index (χ1n) is 11.9. The number of rotatable bonds is 11. The van der Waals surface area contributed by atoms with Gasteiger partial charge >= 0.3 is 0 Å². The molecule has 180 valence electrons. The van der Waals surface area contributed by atoms with Crippen LogP contribution in [0.4, 0.5) is 0 Å². The Bertz CT molecular complexity index is 952. The molecule has 5 nitrogen and oxygen atoms in total. The van der Waals surface area contributed by atoms with Gasteiger partial charge in [0.05, 0.1) is 23.4 Å². The maximum absolute atomic E-state index is 6.44. The molecule has 1 N–H and O–H groups in total. The van der Waals surface area contributed by atoms with E-state index in [-0.39, 0.29) is 16.8 Å². The average Bonchev–Trinajstić information content (AvgIpc) is 3.55. The molecule has 7 heteroatoms. The highest BCUT2D eigenvalue weighted by Gasteiger charge is 2.50. The van der Waals surface area contributed by atoms with Crippen LogP contribution >= 0.6 is 23.2 Å². The van der Waals surface area contributed by atoms with E-state index in [1.807, 2.05) is 6.08 Å². The van der Waals surface area contributed by atoms with Crippen LogP contribution in [0.2, 0.25) is 0 Å². The third kappa shape index (κ3) is 6.06. The second kappa shape index (κ2) is 11.6. The summed E-state index contributed by atoms with van der Waals surface area (Å²) in [6.07, 6.45) is 15.2. The van der Waals surface area contributed by atoms with E-state index in [4.69, 9.17) is 23.2 Å². The molecule has 1 aliphatic carbocycles. The zero-order valence-electron chi connectivity index (χ0n) is 20.3. The number of nitrogens with zero attached hydrogens (tertiary/aromatic N) is 4. The second-order valence-electron chi connectivity index (χ2n) is 9.16. The van der Waals surface area contributed by atoms with Crippen LogP contribution < -0.4 is 5.32 Å². The predicted octanol–water partition coefficient (Wildman–Crippen LogP) is 5.97. The SMILES string of the molecule is C=C(/C=C\C/C(C)=C\C)C1(c2nnc(C(CC)CCNC3C(Cl)=CCN=CC3Cl)n2C)CC1. The number of allylic oxidation sites excluding steroid dienone is 5. The average molecular weight is 491 g/mol. The van der Waals surface area contributed by atoms with Crippen LogP contribution in [0, 0.1) is 0 Å². The van der Waals surface area contributed by atoms with Crippen LogP contribution in [0.15, 0.2) is 52.1 Å². The number of halogens is 2. The van der Waals surface area contributed by atoms with Crippen molar-refractivity contribution in [1.82, 2.24) is 20.1 Å². The minimum atomic E-state index is -0.247. The maximum Gasteiger partial charge on any atom is 0.143 e. The van der Waals surface area contributed by atoms with E-state index >= 15 is 0 Å². The van der Waals surface area contributed by atoms with Crippen molar-refractivity contribution < 1.29 is 0 Å². The van der Waals surface area contributed by atoms with E-state index in [2.05, 4.69) is 77.7 Å². The standard InChI is InChI=1S/C26H37Cl2N5/c1-6-18(3)9-8-10-19(4)26(13-14-26)25-32-31-24(33(25)5)20(7-2)11-16-30-23-21(27)12-15-29-17-22(23)28/h6,8,10,12,17,20,22-23,30H,4,7,9,11,13-16H2,1-3,5H3/b10-8-,18-6-. The van der Waals surface area contributed by atoms with Gasteiger partial charge in [-0.25, -0.2) is 0 Å². The summed E-state index contributed by atoms with van der Waals surface area (Å²) in [5, 5.41) is 13.3. The lowest BCUT2D eigenvalue weighted by Crippen LogP contribution is -2.39. The molecule has 0 spiro atoms. The Morgan fingerprint density at radius 1 is 1.39 bits per heavy atom. The van der Waals surface area contributed by atoms with Gasteiger partial charge in [0.1, 0.15) is 11.6 Å². The lowest BCUT2D eigenvalue weighted by atomic mass is 9.94. The van der Waals surface area contributed by atoms with Gasteiger partial charge in [0.15, 0.2) is 0 Å². The van der Waals surface area contributed by atoms with Crippen LogP contribution in [0.25, 0.3) is 0 Å². The molecule has 0 aromatic carbocycles. The molecule has 0 saturated heterocycles. The lowest BCUT2D eigenvalue weighted by molar-refractivity contribution is 0.498. The molecule has 1 saturated carbocycles. The van der Waals surface area contributed by atoms with Crippen molar-refractivity contribution >= 4 is 29.4 Å². The zero-order valence-corrected chi connectivity index (χ0v) is 21.8. The van der Waals surface area contributed by atoms with Crippen LogP contribution in [0.5, 0.6) is 0 Å². The number of aromatic nitrogens is 3. The van der Waals surface area contributed by atoms with Crippen molar-refractivity contribution in [1.29, 1.82) is 0 Å². The summed E-state index contributed by atoms with van der Waals surface area (Å²) in [6, 6.07) is -0.108. The topological polar surface area (TPSA) is 55.1 Å². The van der Waals surface area contributed by atoms with Crippen LogP contribution in [0.1, 0.15) is 70.4 Å². The number of nitrogens with one attached hydrogen (secondary N) is 1. The number of aliphatic imine (C=N–C) groups is 1. The molecule has 2 heterocycles. The summed E-state index contributed by atoms with van der Waals surface area (Å²) in [7, 11) is 2.10. The smallest absolute Gasteiger partial charge is 0.143 e. The second-order valence-corrected chi connectivity index (χ2v) is 10.1. The van der Waals surface area contributed by atoms with E-state index < -0.39 is 0 Å². The lowest BCUT2D eigenvalue weighted by Gasteiger charge is -2.22. The summed E-state index contributed by atoms with van der Waals surface area (Å²) in [5.41, 5.74) is 2.42. The van der Waals surface area contributed by atoms with Crippen LogP contribution in [0.3, 0.4) is 0 Å². The number of hydrogen-bond acceptors (Lipinski definition) is 4. The predicted molar refractivity (Wildman–Crippen MR) is 141 cm³/mol. The van der Waals surface area contributed by atoms with E-state index in [1.54, 1.807) is 6.21 Å². The number of hydrogen-bond donors (Lipinski definition) is 1. The highest BCUT2D eigenvalue weighted by Crippen LogP contribution is 2.53. The maximum atomic E-state index is 6.44. The fraction of sp³-hybridized carbons (Fsp3) is 0.577. The zero-order chi connectivity index (χ0) is 24.0. The van der Waals surface area contributed by atoms with Gasteiger partial charge in [-0.05, 0) is 64.1 Å². The Balaban J connectivity index is 1.66. The Labute approximate surface area is 208 Å². The monoisotopic (exact) mass is 489 g/mol. The van der Waals surface area contributed by atoms with Gasteiger partial charge < -0.3 is 9.88 Å². The molecule has 1 aliphatic heterocycles. The Morgan fingerprint density at radius 3 is 2.82 bits per heavy atom. The molecule has 3 unspecified atom stereocenters. The first-order chi connectivity index (χ1) is 15.8. The van der Waals surface area contributed by atoms with Crippen LogP contribution in [-0.4, -0.2) is 45.5 Å². The third-order valence-electron chi connectivity index (χ3n) is 6.92. The Kier molecular flexibility index (Phi) is 9.14. The van der Waals surface area contributed by atoms with Crippen molar-refractivity contribution in [2.75, 3.05) is 13.1 Å². The minimum absolute atomic E-state index is 0.0687. The third-order valence-corrected chi connectivity index (χ3v) is 7.68. The van der Waals surface area contributed by atoms with Crippen molar-refractivity contribution in [2.24, 2.45) is 12.0 Å². The van der Waals surface area contributed by atoms with Gasteiger partial charge in [-0.15, -0.1) is 21.8 Å². The molecule has 3 rings (SSSR count). The van der Waals surface area contributed by atoms with Gasteiger partial charge in [0.2, 0.25) is 0 Å². The van der Waals surface area contributed by atoms with E-state index in [1.165, 1.54) is 5.57 Å². The van der Waals surface area contributed by atoms with Crippen molar-refractivity contribution in [2.45, 2.75) is 75.6 Å². The Hall–Kier alpha value is -1.69. The van der Waals surface area contributed by atoms with Crippen molar-refractivity contribution in [3.63, 3.8) is 0 Å². The summed E-state index contributed by atoms with van der Waals surface area (Å²) in [5.74, 6) is 2.37. The molecule has 2 aliphatic rings. The molecule has 1 aromatic heterocycles. The normalized spacial score (nSPS) is 23.5. The fourth-order valence-electron chi connectivity index (χ4n) is 4.40. The first-order valence-corrected chi connectivity index (χ1v) is 12.8. The fourth-order valence-corrected chi connectivity index (χ4v) is 5.05. The largest absolute Gasteiger partial charge is 0.317 e. The van der Waals surface area contributed by atoms with E-state index in [9.17, 15) is 0 Å². The molecule has 1 fully saturated rings. The van der Waals surface area contributed by atoms with Gasteiger partial charge in [0, 0.05) is 24.2 Å². The molecule has 33 heavy (non-hydrogen) atoms. The van der Waals surface area contributed by atoms with Crippen LogP contribution in [-0.2, 0) is 12.5 Å². The van der Waals surface area contributed by atoms with Crippen molar-refractivity contribution in [3.8, 4) is 0 Å². The van der Waals surface area contributed by atoms with Crippen molar-refractivity contribution in [3.05, 3.63) is 58.7 Å². The van der Waals surface area contributed by atoms with E-state index in [0.717, 1.165) is 60.9 Å².